The molecular weight excluding hydrogens is 745 g/mol. The van der Waals surface area contributed by atoms with Crippen LogP contribution in [0, 0.1) is 0 Å². The number of benzene rings is 11. The number of hydrogen-bond acceptors (Lipinski definition) is 2. The van der Waals surface area contributed by atoms with Gasteiger partial charge in [-0.15, -0.1) is 11.3 Å². The van der Waals surface area contributed by atoms with Gasteiger partial charge in [-0.05, 0) is 118 Å². The molecule has 278 valence electrons. The first-order valence-corrected chi connectivity index (χ1v) is 21.4. The Hall–Kier alpha value is -7.52. The third kappa shape index (κ3) is 4.92. The normalized spacial score (nSPS) is 12.0. The number of rotatable bonds is 4. The predicted octanol–water partition coefficient (Wildman–Crippen LogP) is 17.2. The molecular formula is C58H34OS. The summed E-state index contributed by atoms with van der Waals surface area (Å²) in [5.41, 5.74) is 11.7. The van der Waals surface area contributed by atoms with E-state index >= 15 is 0 Å². The highest BCUT2D eigenvalue weighted by molar-refractivity contribution is 7.26. The van der Waals surface area contributed by atoms with Crippen LogP contribution in [0.1, 0.15) is 0 Å². The van der Waals surface area contributed by atoms with Gasteiger partial charge in [0.05, 0.1) is 0 Å². The van der Waals surface area contributed by atoms with Gasteiger partial charge in [0.15, 0.2) is 0 Å². The van der Waals surface area contributed by atoms with Crippen molar-refractivity contribution in [3.05, 3.63) is 206 Å². The van der Waals surface area contributed by atoms with E-state index in [0.29, 0.717) is 0 Å². The molecule has 0 aliphatic heterocycles. The van der Waals surface area contributed by atoms with Gasteiger partial charge < -0.3 is 4.42 Å². The van der Waals surface area contributed by atoms with E-state index in [9.17, 15) is 0 Å². The average molecular weight is 779 g/mol. The minimum Gasteiger partial charge on any atom is -0.455 e. The van der Waals surface area contributed by atoms with Gasteiger partial charge in [0.2, 0.25) is 0 Å². The van der Waals surface area contributed by atoms with Crippen LogP contribution in [0.4, 0.5) is 0 Å². The van der Waals surface area contributed by atoms with Crippen LogP contribution in [0.25, 0.3) is 130 Å². The van der Waals surface area contributed by atoms with Gasteiger partial charge in [0.25, 0.3) is 0 Å². The quantitative estimate of drug-likeness (QED) is 0.162. The molecule has 0 bridgehead atoms. The molecule has 13 aromatic rings. The summed E-state index contributed by atoms with van der Waals surface area (Å²) in [6.07, 6.45) is 0. The zero-order valence-corrected chi connectivity index (χ0v) is 33.3. The summed E-state index contributed by atoms with van der Waals surface area (Å²) in [4.78, 5) is 0. The van der Waals surface area contributed by atoms with Crippen molar-refractivity contribution >= 4 is 96.5 Å². The van der Waals surface area contributed by atoms with Crippen LogP contribution in [-0.2, 0) is 0 Å². The Kier molecular flexibility index (Phi) is 7.24. The molecule has 2 heterocycles. The summed E-state index contributed by atoms with van der Waals surface area (Å²) >= 11 is 1.83. The summed E-state index contributed by atoms with van der Waals surface area (Å²) in [7, 11) is 0. The van der Waals surface area contributed by atoms with Gasteiger partial charge in [0.1, 0.15) is 11.2 Å². The number of hydrogen-bond donors (Lipinski definition) is 0. The Bertz CT molecular complexity index is 3820. The summed E-state index contributed by atoms with van der Waals surface area (Å²) in [5.74, 6) is 0. The molecule has 0 unspecified atom stereocenters. The van der Waals surface area contributed by atoms with Crippen LogP contribution < -0.4 is 0 Å². The minimum atomic E-state index is 0.913. The third-order valence-electron chi connectivity index (χ3n) is 12.7. The molecule has 13 rings (SSSR count). The van der Waals surface area contributed by atoms with Crippen LogP contribution in [-0.4, -0.2) is 0 Å². The van der Waals surface area contributed by atoms with Crippen LogP contribution >= 0.6 is 11.3 Å². The van der Waals surface area contributed by atoms with E-state index in [1.54, 1.807) is 0 Å². The lowest BCUT2D eigenvalue weighted by molar-refractivity contribution is 0.673. The van der Waals surface area contributed by atoms with E-state index in [4.69, 9.17) is 4.42 Å². The number of fused-ring (bicyclic) bond motifs is 11. The molecule has 0 N–H and O–H groups in total. The molecule has 11 aromatic carbocycles. The van der Waals surface area contributed by atoms with E-state index in [1.807, 2.05) is 11.3 Å². The molecule has 0 spiro atoms. The van der Waals surface area contributed by atoms with E-state index in [2.05, 4.69) is 206 Å². The lowest BCUT2D eigenvalue weighted by atomic mass is 9.83. The highest BCUT2D eigenvalue weighted by Crippen LogP contribution is 2.48. The molecule has 0 amide bonds. The first-order valence-electron chi connectivity index (χ1n) is 20.6. The molecule has 1 nitrogen and oxygen atoms in total. The van der Waals surface area contributed by atoms with Crippen LogP contribution in [0.3, 0.4) is 0 Å². The Balaban J connectivity index is 0.977. The standard InChI is InChI=1S/C58H34OS/c1-2-14-39-35(12-1)13-11-22-40(39)36-24-26-37(27-25-36)55-45-17-5-7-19-47(45)56(48-20-8-6-18-46(48)55)49-31-30-41(42-15-3-4-16-43(42)49)38-28-29-44-50-32-33-54-57(58(50)59-52(44)34-38)51-21-9-10-23-53(51)60-54/h1-34H. The molecule has 2 aromatic heterocycles. The van der Waals surface area contributed by atoms with Crippen molar-refractivity contribution in [3.63, 3.8) is 0 Å². The van der Waals surface area contributed by atoms with Crippen LogP contribution in [0.15, 0.2) is 211 Å². The van der Waals surface area contributed by atoms with Crippen LogP contribution in [0.5, 0.6) is 0 Å². The van der Waals surface area contributed by atoms with Gasteiger partial charge in [-0.3, -0.25) is 0 Å². The summed E-state index contributed by atoms with van der Waals surface area (Å²) < 4.78 is 9.34. The van der Waals surface area contributed by atoms with E-state index in [1.165, 1.54) is 102 Å². The fourth-order valence-corrected chi connectivity index (χ4v) is 11.1. The zero-order valence-electron chi connectivity index (χ0n) is 32.4. The molecule has 0 aliphatic rings. The number of furan rings is 1. The van der Waals surface area contributed by atoms with Crippen molar-refractivity contribution < 1.29 is 4.42 Å². The van der Waals surface area contributed by atoms with Gasteiger partial charge in [-0.2, -0.15) is 0 Å². The smallest absolute Gasteiger partial charge is 0.144 e. The Labute approximate surface area is 350 Å². The second-order valence-electron chi connectivity index (χ2n) is 15.9. The van der Waals surface area contributed by atoms with E-state index < -0.39 is 0 Å². The Morgan fingerprint density at radius 2 is 0.833 bits per heavy atom. The molecule has 60 heavy (non-hydrogen) atoms. The SMILES string of the molecule is c1ccc2c(-c3ccc(-c4c5ccccc5c(-c5ccc(-c6ccc7c(c6)oc6c7ccc7sc8ccccc8c76)c6ccccc56)c5ccccc45)cc3)cccc2c1. The lowest BCUT2D eigenvalue weighted by Gasteiger charge is -2.20. The van der Waals surface area contributed by atoms with Gasteiger partial charge in [0, 0.05) is 30.9 Å². The van der Waals surface area contributed by atoms with Gasteiger partial charge >= 0.3 is 0 Å². The predicted molar refractivity (Wildman–Crippen MR) is 258 cm³/mol. The van der Waals surface area contributed by atoms with Crippen molar-refractivity contribution in [3.8, 4) is 44.5 Å². The summed E-state index contributed by atoms with van der Waals surface area (Å²) in [6.45, 7) is 0. The molecule has 0 aliphatic carbocycles. The van der Waals surface area contributed by atoms with E-state index in [0.717, 1.165) is 27.5 Å². The second-order valence-corrected chi connectivity index (χ2v) is 17.0. The maximum absolute atomic E-state index is 6.80. The first kappa shape index (κ1) is 33.5. The topological polar surface area (TPSA) is 13.1 Å². The monoisotopic (exact) mass is 778 g/mol. The maximum Gasteiger partial charge on any atom is 0.144 e. The molecule has 0 radical (unpaired) electrons. The molecule has 0 saturated heterocycles. The van der Waals surface area contributed by atoms with Crippen molar-refractivity contribution in [2.45, 2.75) is 0 Å². The van der Waals surface area contributed by atoms with Crippen LogP contribution in [0.2, 0.25) is 0 Å². The average Bonchev–Trinajstić information content (AvgIpc) is 3.88. The van der Waals surface area contributed by atoms with Crippen molar-refractivity contribution in [1.29, 1.82) is 0 Å². The van der Waals surface area contributed by atoms with Crippen molar-refractivity contribution in [1.82, 2.24) is 0 Å². The van der Waals surface area contributed by atoms with E-state index in [-0.39, 0.29) is 0 Å². The minimum absolute atomic E-state index is 0.913. The highest BCUT2D eigenvalue weighted by atomic mass is 32.1. The summed E-state index contributed by atoms with van der Waals surface area (Å²) in [5, 5.41) is 14.8. The van der Waals surface area contributed by atoms with Crippen molar-refractivity contribution in [2.24, 2.45) is 0 Å². The summed E-state index contributed by atoms with van der Waals surface area (Å²) in [6, 6.07) is 75.7. The largest absolute Gasteiger partial charge is 0.455 e. The Morgan fingerprint density at radius 3 is 1.58 bits per heavy atom. The zero-order chi connectivity index (χ0) is 39.3. The lowest BCUT2D eigenvalue weighted by Crippen LogP contribution is -1.92. The second kappa shape index (κ2) is 13.0. The Morgan fingerprint density at radius 1 is 0.300 bits per heavy atom. The molecule has 0 saturated carbocycles. The molecule has 2 heteroatoms. The first-order chi connectivity index (χ1) is 29.8. The van der Waals surface area contributed by atoms with Crippen molar-refractivity contribution in [2.75, 3.05) is 0 Å². The fourth-order valence-electron chi connectivity index (χ4n) is 10.0. The van der Waals surface area contributed by atoms with Gasteiger partial charge in [-0.1, -0.05) is 176 Å². The fraction of sp³-hybridized carbons (Fsp3) is 0. The third-order valence-corrected chi connectivity index (χ3v) is 13.8. The molecule has 0 fully saturated rings. The highest BCUT2D eigenvalue weighted by Gasteiger charge is 2.20. The maximum atomic E-state index is 6.80. The molecule has 0 atom stereocenters. The van der Waals surface area contributed by atoms with Gasteiger partial charge in [-0.25, -0.2) is 0 Å². The number of thiophene rings is 1.